The molecule has 2 aliphatic heterocycles. The molecule has 3 heterocycles. The lowest BCUT2D eigenvalue weighted by molar-refractivity contribution is 0.0735. The molecule has 122 valence electrons. The number of hydrogen-bond donors (Lipinski definition) is 1. The molecule has 1 amide bonds. The molecule has 0 unspecified atom stereocenters. The van der Waals surface area contributed by atoms with E-state index in [-0.39, 0.29) is 18.0 Å². The average molecular weight is 333 g/mol. The molecule has 0 radical (unpaired) electrons. The molecule has 2 atom stereocenters. The van der Waals surface area contributed by atoms with Gasteiger partial charge in [0.1, 0.15) is 0 Å². The van der Waals surface area contributed by atoms with Gasteiger partial charge in [-0.2, -0.15) is 4.31 Å². The third-order valence-electron chi connectivity index (χ3n) is 5.01. The standard InChI is InChI=1S/C16H19N3O3S/c1-23(21,22)19-9-6-14-15(19)5-8-18(14)16(20)12-2-3-13-11(10-12)4-7-17-13/h2-4,7,10,14-15,17H,5-6,8-9H2,1H3/t14-,15+/m1/s1. The van der Waals surface area contributed by atoms with Crippen LogP contribution < -0.4 is 0 Å². The SMILES string of the molecule is CS(=O)(=O)N1CC[C@@H]2[C@@H]1CCN2C(=O)c1ccc2[nH]ccc2c1. The van der Waals surface area contributed by atoms with Crippen LogP contribution in [0.2, 0.25) is 0 Å². The van der Waals surface area contributed by atoms with E-state index < -0.39 is 10.0 Å². The fourth-order valence-electron chi connectivity index (χ4n) is 3.96. The van der Waals surface area contributed by atoms with Gasteiger partial charge in [-0.3, -0.25) is 4.79 Å². The van der Waals surface area contributed by atoms with Crippen molar-refractivity contribution in [3.05, 3.63) is 36.0 Å². The quantitative estimate of drug-likeness (QED) is 0.903. The predicted molar refractivity (Wildman–Crippen MR) is 87.7 cm³/mol. The Hall–Kier alpha value is -1.86. The highest BCUT2D eigenvalue weighted by atomic mass is 32.2. The summed E-state index contributed by atoms with van der Waals surface area (Å²) in [4.78, 5) is 17.8. The number of likely N-dealkylation sites (tertiary alicyclic amines) is 1. The Labute approximate surface area is 135 Å². The minimum absolute atomic E-state index is 0.000790. The molecule has 6 nitrogen and oxygen atoms in total. The number of rotatable bonds is 2. The number of H-pyrrole nitrogens is 1. The largest absolute Gasteiger partial charge is 0.361 e. The van der Waals surface area contributed by atoms with Crippen LogP contribution in [0.25, 0.3) is 10.9 Å². The maximum Gasteiger partial charge on any atom is 0.254 e. The summed E-state index contributed by atoms with van der Waals surface area (Å²) in [6, 6.07) is 7.51. The molecule has 0 aliphatic carbocycles. The van der Waals surface area contributed by atoms with Crippen LogP contribution in [0.5, 0.6) is 0 Å². The number of carbonyl (C=O) groups is 1. The number of sulfonamides is 1. The highest BCUT2D eigenvalue weighted by Crippen LogP contribution is 2.34. The molecule has 1 N–H and O–H groups in total. The molecule has 2 fully saturated rings. The first-order chi connectivity index (χ1) is 10.9. The summed E-state index contributed by atoms with van der Waals surface area (Å²) in [5.41, 5.74) is 1.67. The molecular formula is C16H19N3O3S. The molecule has 0 bridgehead atoms. The molecule has 1 aromatic carbocycles. The molecule has 2 aliphatic rings. The molecule has 7 heteroatoms. The Balaban J connectivity index is 1.60. The summed E-state index contributed by atoms with van der Waals surface area (Å²) in [7, 11) is -3.20. The van der Waals surface area contributed by atoms with Gasteiger partial charge in [0.2, 0.25) is 10.0 Å². The van der Waals surface area contributed by atoms with Crippen molar-refractivity contribution < 1.29 is 13.2 Å². The Morgan fingerprint density at radius 3 is 2.74 bits per heavy atom. The minimum atomic E-state index is -3.20. The van der Waals surface area contributed by atoms with Gasteiger partial charge in [-0.15, -0.1) is 0 Å². The summed E-state index contributed by atoms with van der Waals surface area (Å²) in [6.07, 6.45) is 4.54. The molecule has 2 aromatic rings. The maximum absolute atomic E-state index is 12.9. The molecular weight excluding hydrogens is 314 g/mol. The fraction of sp³-hybridized carbons (Fsp3) is 0.438. The zero-order valence-electron chi connectivity index (χ0n) is 12.9. The second-order valence-electron chi connectivity index (χ2n) is 6.36. The lowest BCUT2D eigenvalue weighted by Crippen LogP contribution is -2.41. The van der Waals surface area contributed by atoms with Crippen LogP contribution >= 0.6 is 0 Å². The Morgan fingerprint density at radius 1 is 1.17 bits per heavy atom. The number of hydrogen-bond acceptors (Lipinski definition) is 3. The van der Waals surface area contributed by atoms with Gasteiger partial charge in [0, 0.05) is 47.8 Å². The van der Waals surface area contributed by atoms with Crippen LogP contribution in [0.4, 0.5) is 0 Å². The number of nitrogens with one attached hydrogen (secondary N) is 1. The van der Waals surface area contributed by atoms with E-state index in [4.69, 9.17) is 0 Å². The second kappa shape index (κ2) is 5.07. The van der Waals surface area contributed by atoms with Gasteiger partial charge in [-0.25, -0.2) is 8.42 Å². The summed E-state index contributed by atoms with van der Waals surface area (Å²) >= 11 is 0. The number of benzene rings is 1. The van der Waals surface area contributed by atoms with Gasteiger partial charge >= 0.3 is 0 Å². The van der Waals surface area contributed by atoms with Crippen LogP contribution in [-0.4, -0.2) is 59.9 Å². The lowest BCUT2D eigenvalue weighted by atomic mass is 10.1. The molecule has 0 spiro atoms. The first kappa shape index (κ1) is 14.7. The zero-order valence-corrected chi connectivity index (χ0v) is 13.7. The van der Waals surface area contributed by atoms with Crippen LogP contribution in [0.1, 0.15) is 23.2 Å². The Morgan fingerprint density at radius 2 is 1.96 bits per heavy atom. The highest BCUT2D eigenvalue weighted by Gasteiger charge is 2.47. The van der Waals surface area contributed by atoms with Crippen LogP contribution in [-0.2, 0) is 10.0 Å². The van der Waals surface area contributed by atoms with E-state index in [0.29, 0.717) is 18.7 Å². The van der Waals surface area contributed by atoms with Gasteiger partial charge in [-0.1, -0.05) is 0 Å². The van der Waals surface area contributed by atoms with E-state index >= 15 is 0 Å². The van der Waals surface area contributed by atoms with E-state index in [2.05, 4.69) is 4.98 Å². The number of carbonyl (C=O) groups excluding carboxylic acids is 1. The molecule has 4 rings (SSSR count). The topological polar surface area (TPSA) is 73.5 Å². The highest BCUT2D eigenvalue weighted by molar-refractivity contribution is 7.88. The van der Waals surface area contributed by atoms with E-state index in [9.17, 15) is 13.2 Å². The summed E-state index contributed by atoms with van der Waals surface area (Å²) in [5.74, 6) is -0.00375. The number of fused-ring (bicyclic) bond motifs is 2. The number of amides is 1. The lowest BCUT2D eigenvalue weighted by Gasteiger charge is -2.24. The monoisotopic (exact) mass is 333 g/mol. The van der Waals surface area contributed by atoms with Crippen LogP contribution in [0.3, 0.4) is 0 Å². The smallest absolute Gasteiger partial charge is 0.254 e. The second-order valence-corrected chi connectivity index (χ2v) is 8.30. The van der Waals surface area contributed by atoms with Crippen molar-refractivity contribution in [2.45, 2.75) is 24.9 Å². The third-order valence-corrected chi connectivity index (χ3v) is 6.32. The summed E-state index contributed by atoms with van der Waals surface area (Å²) < 4.78 is 25.3. The molecule has 1 aromatic heterocycles. The number of aromatic amines is 1. The van der Waals surface area contributed by atoms with Crippen molar-refractivity contribution in [2.24, 2.45) is 0 Å². The molecule has 23 heavy (non-hydrogen) atoms. The minimum Gasteiger partial charge on any atom is -0.361 e. The van der Waals surface area contributed by atoms with E-state index in [1.165, 1.54) is 6.26 Å². The molecule has 0 saturated carbocycles. The third kappa shape index (κ3) is 2.35. The van der Waals surface area contributed by atoms with Crippen LogP contribution in [0.15, 0.2) is 30.5 Å². The van der Waals surface area contributed by atoms with Gasteiger partial charge in [-0.05, 0) is 37.1 Å². The van der Waals surface area contributed by atoms with E-state index in [1.54, 1.807) is 4.31 Å². The van der Waals surface area contributed by atoms with Crippen molar-refractivity contribution in [1.29, 1.82) is 0 Å². The average Bonchev–Trinajstić information content (AvgIpc) is 3.19. The predicted octanol–water partition coefficient (Wildman–Crippen LogP) is 1.42. The van der Waals surface area contributed by atoms with Gasteiger partial charge in [0.25, 0.3) is 5.91 Å². The normalized spacial score (nSPS) is 25.2. The van der Waals surface area contributed by atoms with Gasteiger partial charge in [0.05, 0.1) is 6.26 Å². The van der Waals surface area contributed by atoms with Gasteiger partial charge < -0.3 is 9.88 Å². The van der Waals surface area contributed by atoms with Crippen molar-refractivity contribution in [3.8, 4) is 0 Å². The zero-order chi connectivity index (χ0) is 16.2. The van der Waals surface area contributed by atoms with Crippen molar-refractivity contribution in [3.63, 3.8) is 0 Å². The number of aromatic nitrogens is 1. The number of nitrogens with zero attached hydrogens (tertiary/aromatic N) is 2. The first-order valence-electron chi connectivity index (χ1n) is 7.80. The summed E-state index contributed by atoms with van der Waals surface area (Å²) in [5, 5.41) is 1.01. The van der Waals surface area contributed by atoms with Crippen molar-refractivity contribution in [1.82, 2.24) is 14.2 Å². The molecule has 2 saturated heterocycles. The summed E-state index contributed by atoms with van der Waals surface area (Å²) in [6.45, 7) is 1.13. The van der Waals surface area contributed by atoms with E-state index in [0.717, 1.165) is 23.7 Å². The van der Waals surface area contributed by atoms with E-state index in [1.807, 2.05) is 35.4 Å². The van der Waals surface area contributed by atoms with Crippen molar-refractivity contribution in [2.75, 3.05) is 19.3 Å². The maximum atomic E-state index is 12.9. The first-order valence-corrected chi connectivity index (χ1v) is 9.65. The Bertz CT molecular complexity index is 874. The van der Waals surface area contributed by atoms with Crippen LogP contribution in [0, 0.1) is 0 Å². The fourth-order valence-corrected chi connectivity index (χ4v) is 5.14. The van der Waals surface area contributed by atoms with Gasteiger partial charge in [0.15, 0.2) is 0 Å². The Kier molecular flexibility index (Phi) is 3.24. The van der Waals surface area contributed by atoms with Crippen molar-refractivity contribution >= 4 is 26.8 Å².